The molecular formula is C65H67BN2O. The van der Waals surface area contributed by atoms with Crippen molar-refractivity contribution in [3.8, 4) is 22.3 Å². The molecule has 2 aliphatic heterocycles. The van der Waals surface area contributed by atoms with Gasteiger partial charge in [-0.05, 0) is 170 Å². The van der Waals surface area contributed by atoms with E-state index in [1.165, 1.54) is 101 Å². The zero-order valence-corrected chi connectivity index (χ0v) is 43.0. The van der Waals surface area contributed by atoms with Gasteiger partial charge in [-0.15, -0.1) is 0 Å². The lowest BCUT2D eigenvalue weighted by atomic mass is 9.35. The van der Waals surface area contributed by atoms with Crippen molar-refractivity contribution < 1.29 is 4.42 Å². The number of aryl methyl sites for hydroxylation is 1. The summed E-state index contributed by atoms with van der Waals surface area (Å²) >= 11 is 0. The van der Waals surface area contributed by atoms with Gasteiger partial charge in [-0.25, -0.2) is 0 Å². The van der Waals surface area contributed by atoms with Crippen molar-refractivity contribution in [1.29, 1.82) is 0 Å². The summed E-state index contributed by atoms with van der Waals surface area (Å²) in [7, 11) is 0. The highest BCUT2D eigenvalue weighted by Gasteiger charge is 2.50. The SMILES string of the molecule is Cc1cc2c3c(c1)N(c1c(-c4ccccc4)cc(C(C)(C)C)cc1-c1ccccc1)c1c(oc4ccccc14)B3c1cc3c(cc1N2c1ccc2c(c1)C(C)(C)CCC2(C)C)C(C)(C)CCC3(C)C. The summed E-state index contributed by atoms with van der Waals surface area (Å²) in [6.45, 7) is 28.8. The molecule has 2 aliphatic carbocycles. The minimum Gasteiger partial charge on any atom is -0.468 e. The molecule has 0 atom stereocenters. The van der Waals surface area contributed by atoms with Crippen molar-refractivity contribution in [2.75, 3.05) is 9.80 Å². The van der Waals surface area contributed by atoms with Crippen molar-refractivity contribution in [1.82, 2.24) is 0 Å². The van der Waals surface area contributed by atoms with E-state index in [1.54, 1.807) is 0 Å². The molecular weight excluding hydrogens is 836 g/mol. The molecule has 1 aromatic heterocycles. The minimum atomic E-state index is -0.145. The molecule has 3 heterocycles. The fourth-order valence-corrected chi connectivity index (χ4v) is 12.8. The van der Waals surface area contributed by atoms with E-state index >= 15 is 0 Å². The van der Waals surface area contributed by atoms with Crippen LogP contribution in [0.5, 0.6) is 0 Å². The van der Waals surface area contributed by atoms with Gasteiger partial charge in [0.05, 0.1) is 17.0 Å². The maximum atomic E-state index is 7.49. The number of furan rings is 1. The normalized spacial score (nSPS) is 18.0. The van der Waals surface area contributed by atoms with Crippen LogP contribution in [-0.2, 0) is 27.1 Å². The summed E-state index contributed by atoms with van der Waals surface area (Å²) in [6, 6.07) is 53.6. The van der Waals surface area contributed by atoms with Crippen LogP contribution in [0, 0.1) is 6.92 Å². The maximum absolute atomic E-state index is 7.49. The van der Waals surface area contributed by atoms with Gasteiger partial charge >= 0.3 is 0 Å². The third-order valence-electron chi connectivity index (χ3n) is 17.1. The average Bonchev–Trinajstić information content (AvgIpc) is 3.71. The van der Waals surface area contributed by atoms with Crippen molar-refractivity contribution in [2.24, 2.45) is 0 Å². The predicted molar refractivity (Wildman–Crippen MR) is 295 cm³/mol. The van der Waals surface area contributed by atoms with E-state index in [1.807, 2.05) is 0 Å². The quantitative estimate of drug-likeness (QED) is 0.164. The second-order valence-corrected chi connectivity index (χ2v) is 24.8. The summed E-state index contributed by atoms with van der Waals surface area (Å²) in [6.07, 6.45) is 4.65. The summed E-state index contributed by atoms with van der Waals surface area (Å²) in [4.78, 5) is 5.30. The number of rotatable bonds is 4. The first-order valence-electron chi connectivity index (χ1n) is 25.6. The zero-order chi connectivity index (χ0) is 48.2. The highest BCUT2D eigenvalue weighted by molar-refractivity contribution is 7.00. The van der Waals surface area contributed by atoms with Gasteiger partial charge < -0.3 is 14.2 Å². The third-order valence-corrected chi connectivity index (χ3v) is 17.1. The van der Waals surface area contributed by atoms with Gasteiger partial charge in [-0.3, -0.25) is 0 Å². The fraction of sp³-hybridized carbons (Fsp3) is 0.323. The van der Waals surface area contributed by atoms with Crippen LogP contribution < -0.4 is 26.4 Å². The van der Waals surface area contributed by atoms with Gasteiger partial charge in [0.25, 0.3) is 6.71 Å². The highest BCUT2D eigenvalue weighted by Crippen LogP contribution is 2.55. The Hall–Kier alpha value is -6.26. The Morgan fingerprint density at radius 1 is 0.493 bits per heavy atom. The van der Waals surface area contributed by atoms with Crippen molar-refractivity contribution in [2.45, 2.75) is 136 Å². The Balaban J connectivity index is 1.24. The summed E-state index contributed by atoms with van der Waals surface area (Å²) in [5.74, 6) is 0. The van der Waals surface area contributed by atoms with Crippen LogP contribution in [0.1, 0.15) is 135 Å². The molecule has 69 heavy (non-hydrogen) atoms. The van der Waals surface area contributed by atoms with Gasteiger partial charge in [0, 0.05) is 39.3 Å². The van der Waals surface area contributed by atoms with E-state index in [0.29, 0.717) is 0 Å². The van der Waals surface area contributed by atoms with Gasteiger partial charge in [-0.1, -0.05) is 161 Å². The van der Waals surface area contributed by atoms with Crippen LogP contribution in [0.4, 0.5) is 34.1 Å². The first-order chi connectivity index (χ1) is 32.7. The molecule has 0 saturated carbocycles. The van der Waals surface area contributed by atoms with Gasteiger partial charge in [0.15, 0.2) is 0 Å². The number of nitrogens with zero attached hydrogens (tertiary/aromatic N) is 2. The number of benzene rings is 7. The van der Waals surface area contributed by atoms with E-state index in [4.69, 9.17) is 4.42 Å². The van der Waals surface area contributed by atoms with Gasteiger partial charge in [-0.2, -0.15) is 0 Å². The maximum Gasteiger partial charge on any atom is 0.297 e. The Morgan fingerprint density at radius 2 is 1.00 bits per heavy atom. The number of para-hydroxylation sites is 1. The summed E-state index contributed by atoms with van der Waals surface area (Å²) in [5, 5.41) is 1.13. The fourth-order valence-electron chi connectivity index (χ4n) is 12.8. The van der Waals surface area contributed by atoms with Crippen LogP contribution >= 0.6 is 0 Å². The minimum absolute atomic E-state index is 0.0178. The van der Waals surface area contributed by atoms with Crippen LogP contribution in [0.3, 0.4) is 0 Å². The summed E-state index contributed by atoms with van der Waals surface area (Å²) < 4.78 is 7.49. The largest absolute Gasteiger partial charge is 0.468 e. The van der Waals surface area contributed by atoms with Gasteiger partial charge in [0.2, 0.25) is 0 Å². The average molecular weight is 903 g/mol. The molecule has 0 unspecified atom stereocenters. The van der Waals surface area contributed by atoms with Crippen molar-refractivity contribution in [3.63, 3.8) is 0 Å². The Labute approximate surface area is 411 Å². The molecule has 8 aromatic rings. The number of anilines is 6. The molecule has 12 rings (SSSR count). The standard InChI is InChI=1S/C65H67BN2O/c1-40-33-54-57-55(34-40)68(58-46(41-21-15-13-16-22-41)35-43(61(2,3)4)36-47(58)42-23-17-14-18-24-42)59-45-25-19-20-26-56(45)69-60(59)66(57)52-38-50-51(65(11,12)32-31-64(50,9)10)39-53(52)67(54)44-27-28-48-49(37-44)63(7,8)30-29-62(48,5)6/h13-28,33-39H,29-32H2,1-12H3. The molecule has 4 heteroatoms. The van der Waals surface area contributed by atoms with Crippen LogP contribution in [0.15, 0.2) is 144 Å². The van der Waals surface area contributed by atoms with Crippen LogP contribution in [-0.4, -0.2) is 6.71 Å². The topological polar surface area (TPSA) is 19.6 Å². The molecule has 0 spiro atoms. The van der Waals surface area contributed by atoms with Crippen LogP contribution in [0.25, 0.3) is 33.2 Å². The molecule has 7 aromatic carbocycles. The molecule has 346 valence electrons. The molecule has 0 bridgehead atoms. The van der Waals surface area contributed by atoms with Gasteiger partial charge in [0.1, 0.15) is 5.58 Å². The van der Waals surface area contributed by atoms with E-state index < -0.39 is 0 Å². The first kappa shape index (κ1) is 44.0. The van der Waals surface area contributed by atoms with E-state index in [0.717, 1.165) is 41.6 Å². The lowest BCUT2D eigenvalue weighted by Gasteiger charge is -2.47. The first-order valence-corrected chi connectivity index (χ1v) is 25.6. The molecule has 0 N–H and O–H groups in total. The van der Waals surface area contributed by atoms with Crippen LogP contribution in [0.2, 0.25) is 0 Å². The van der Waals surface area contributed by atoms with E-state index in [9.17, 15) is 0 Å². The number of hydrogen-bond donors (Lipinski definition) is 0. The second kappa shape index (κ2) is 14.9. The number of hydrogen-bond acceptors (Lipinski definition) is 3. The monoisotopic (exact) mass is 903 g/mol. The zero-order valence-electron chi connectivity index (χ0n) is 43.0. The van der Waals surface area contributed by atoms with Crippen molar-refractivity contribution >= 4 is 68.4 Å². The van der Waals surface area contributed by atoms with E-state index in [2.05, 4.69) is 232 Å². The predicted octanol–water partition coefficient (Wildman–Crippen LogP) is 16.2. The number of fused-ring (bicyclic) bond motifs is 8. The Bertz CT molecular complexity index is 3340. The summed E-state index contributed by atoms with van der Waals surface area (Å²) in [5.41, 5.74) is 25.1. The van der Waals surface area contributed by atoms with Crippen molar-refractivity contribution in [3.05, 3.63) is 173 Å². The molecule has 0 saturated heterocycles. The lowest BCUT2D eigenvalue weighted by Crippen LogP contribution is -2.61. The molecule has 0 fully saturated rings. The Morgan fingerprint density at radius 3 is 1.58 bits per heavy atom. The molecule has 0 radical (unpaired) electrons. The molecule has 0 amide bonds. The lowest BCUT2D eigenvalue weighted by molar-refractivity contribution is 0.332. The Kier molecular flexibility index (Phi) is 9.48. The smallest absolute Gasteiger partial charge is 0.297 e. The van der Waals surface area contributed by atoms with E-state index in [-0.39, 0.29) is 33.8 Å². The highest BCUT2D eigenvalue weighted by atomic mass is 16.3. The molecule has 3 nitrogen and oxygen atoms in total. The third kappa shape index (κ3) is 6.67. The second-order valence-electron chi connectivity index (χ2n) is 24.8. The molecule has 4 aliphatic rings.